The zero-order valence-electron chi connectivity index (χ0n) is 7.62. The first-order valence-electron chi connectivity index (χ1n) is 4.39. The van der Waals surface area contributed by atoms with E-state index >= 15 is 0 Å². The van der Waals surface area contributed by atoms with Crippen molar-refractivity contribution < 1.29 is 9.53 Å². The van der Waals surface area contributed by atoms with Gasteiger partial charge in [-0.2, -0.15) is 0 Å². The summed E-state index contributed by atoms with van der Waals surface area (Å²) in [6.45, 7) is 2.02. The number of nitrogens with zero attached hydrogens (tertiary/aromatic N) is 1. The van der Waals surface area contributed by atoms with Crippen LogP contribution in [0.1, 0.15) is 16.1 Å². The second kappa shape index (κ2) is 3.63. The molecule has 1 aliphatic rings. The van der Waals surface area contributed by atoms with E-state index in [0.717, 1.165) is 12.2 Å². The fourth-order valence-electron chi connectivity index (χ4n) is 1.31. The highest BCUT2D eigenvalue weighted by Crippen LogP contribution is 2.18. The van der Waals surface area contributed by atoms with Crippen molar-refractivity contribution >= 4 is 5.91 Å². The Labute approximate surface area is 81.3 Å². The molecule has 5 heteroatoms. The Kier molecular flexibility index (Phi) is 2.32. The van der Waals surface area contributed by atoms with Gasteiger partial charge in [-0.15, -0.1) is 0 Å². The highest BCUT2D eigenvalue weighted by atomic mass is 16.5. The van der Waals surface area contributed by atoms with Crippen LogP contribution in [0, 0.1) is 0 Å². The average molecular weight is 193 g/mol. The Balaban J connectivity index is 2.37. The fraction of sp³-hybridized carbons (Fsp3) is 0.333. The zero-order chi connectivity index (χ0) is 9.97. The van der Waals surface area contributed by atoms with Crippen LogP contribution in [0.4, 0.5) is 0 Å². The summed E-state index contributed by atoms with van der Waals surface area (Å²) < 4.78 is 5.41. The second-order valence-corrected chi connectivity index (χ2v) is 3.06. The Bertz CT molecular complexity index is 365. The van der Waals surface area contributed by atoms with Gasteiger partial charge >= 0.3 is 0 Å². The van der Waals surface area contributed by atoms with E-state index in [2.05, 4.69) is 10.3 Å². The normalized spacial score (nSPS) is 15.1. The number of pyridine rings is 1. The number of fused-ring (bicyclic) bond motifs is 1. The van der Waals surface area contributed by atoms with Crippen LogP contribution in [0.15, 0.2) is 12.3 Å². The van der Waals surface area contributed by atoms with Crippen LogP contribution in [0.25, 0.3) is 0 Å². The molecule has 0 saturated carbocycles. The van der Waals surface area contributed by atoms with Gasteiger partial charge in [0.2, 0.25) is 5.91 Å². The van der Waals surface area contributed by atoms with E-state index in [1.165, 1.54) is 6.20 Å². The highest BCUT2D eigenvalue weighted by molar-refractivity contribution is 5.92. The van der Waals surface area contributed by atoms with Gasteiger partial charge in [0.05, 0.1) is 11.3 Å². The summed E-state index contributed by atoms with van der Waals surface area (Å²) in [6.07, 6.45) is 1.47. The molecule has 2 rings (SSSR count). The lowest BCUT2D eigenvalue weighted by molar-refractivity contribution is 0.0999. The molecule has 1 aromatic heterocycles. The summed E-state index contributed by atoms with van der Waals surface area (Å²) in [7, 11) is 0. The summed E-state index contributed by atoms with van der Waals surface area (Å²) in [6, 6.07) is 1.64. The van der Waals surface area contributed by atoms with Crippen molar-refractivity contribution in [3.8, 4) is 5.75 Å². The van der Waals surface area contributed by atoms with Crippen LogP contribution in [0.3, 0.4) is 0 Å². The molecule has 0 fully saturated rings. The van der Waals surface area contributed by atoms with Crippen LogP contribution >= 0.6 is 0 Å². The monoisotopic (exact) mass is 193 g/mol. The third kappa shape index (κ3) is 1.67. The van der Waals surface area contributed by atoms with Crippen molar-refractivity contribution in [3.05, 3.63) is 23.5 Å². The van der Waals surface area contributed by atoms with Gasteiger partial charge in [0, 0.05) is 19.3 Å². The molecule has 0 unspecified atom stereocenters. The Morgan fingerprint density at radius 2 is 2.50 bits per heavy atom. The number of ether oxygens (including phenoxy) is 1. The van der Waals surface area contributed by atoms with E-state index in [9.17, 15) is 4.79 Å². The maximum atomic E-state index is 10.9. The highest BCUT2D eigenvalue weighted by Gasteiger charge is 2.12. The van der Waals surface area contributed by atoms with E-state index in [4.69, 9.17) is 10.5 Å². The molecule has 0 aliphatic carbocycles. The topological polar surface area (TPSA) is 77.2 Å². The number of nitrogens with one attached hydrogen (secondary N) is 1. The summed E-state index contributed by atoms with van der Waals surface area (Å²) in [5, 5.41) is 3.15. The molecular formula is C9H11N3O2. The number of primary amides is 1. The van der Waals surface area contributed by atoms with Crippen LogP contribution in [-0.2, 0) is 6.54 Å². The Hall–Kier alpha value is -1.62. The minimum atomic E-state index is -0.485. The quantitative estimate of drug-likeness (QED) is 0.639. The SMILES string of the molecule is NC(=O)c1cnc2c(c1)OCCNC2. The molecule has 0 spiro atoms. The number of carbonyl (C=O) groups excluding carboxylic acids is 1. The lowest BCUT2D eigenvalue weighted by atomic mass is 10.2. The first-order valence-corrected chi connectivity index (χ1v) is 4.39. The molecule has 0 bridgehead atoms. The molecule has 0 radical (unpaired) electrons. The van der Waals surface area contributed by atoms with Gasteiger partial charge in [0.25, 0.3) is 0 Å². The predicted molar refractivity (Wildman–Crippen MR) is 50.0 cm³/mol. The third-order valence-electron chi connectivity index (χ3n) is 2.04. The minimum Gasteiger partial charge on any atom is -0.490 e. The number of hydrogen-bond donors (Lipinski definition) is 2. The summed E-state index contributed by atoms with van der Waals surface area (Å²) in [5.74, 6) is 0.160. The fourth-order valence-corrected chi connectivity index (χ4v) is 1.31. The first kappa shape index (κ1) is 8.96. The van der Waals surface area contributed by atoms with Crippen LogP contribution in [-0.4, -0.2) is 24.0 Å². The molecule has 0 atom stereocenters. The predicted octanol–water partition coefficient (Wildman–Crippen LogP) is -0.338. The van der Waals surface area contributed by atoms with Crippen molar-refractivity contribution in [2.24, 2.45) is 5.73 Å². The lowest BCUT2D eigenvalue weighted by Gasteiger charge is -2.05. The van der Waals surface area contributed by atoms with E-state index < -0.39 is 5.91 Å². The van der Waals surface area contributed by atoms with Crippen LogP contribution in [0.5, 0.6) is 5.75 Å². The second-order valence-electron chi connectivity index (χ2n) is 3.06. The van der Waals surface area contributed by atoms with Gasteiger partial charge in [-0.3, -0.25) is 9.78 Å². The van der Waals surface area contributed by atoms with Crippen molar-refractivity contribution in [2.45, 2.75) is 6.54 Å². The molecule has 3 N–H and O–H groups in total. The largest absolute Gasteiger partial charge is 0.490 e. The third-order valence-corrected chi connectivity index (χ3v) is 2.04. The summed E-state index contributed by atoms with van der Waals surface area (Å²) >= 11 is 0. The van der Waals surface area contributed by atoms with Crippen LogP contribution < -0.4 is 15.8 Å². The molecule has 1 aromatic rings. The van der Waals surface area contributed by atoms with Crippen LogP contribution in [0.2, 0.25) is 0 Å². The summed E-state index contributed by atoms with van der Waals surface area (Å²) in [4.78, 5) is 15.0. The molecule has 2 heterocycles. The van der Waals surface area contributed by atoms with Gasteiger partial charge in [-0.1, -0.05) is 0 Å². The Morgan fingerprint density at radius 3 is 3.29 bits per heavy atom. The molecule has 14 heavy (non-hydrogen) atoms. The van der Waals surface area contributed by atoms with E-state index in [1.54, 1.807) is 6.07 Å². The maximum absolute atomic E-state index is 10.9. The maximum Gasteiger partial charge on any atom is 0.250 e. The van der Waals surface area contributed by atoms with Crippen molar-refractivity contribution in [1.29, 1.82) is 0 Å². The van der Waals surface area contributed by atoms with E-state index in [1.807, 2.05) is 0 Å². The van der Waals surface area contributed by atoms with Gasteiger partial charge in [0.15, 0.2) is 0 Å². The van der Waals surface area contributed by atoms with Gasteiger partial charge < -0.3 is 15.8 Å². The van der Waals surface area contributed by atoms with Crippen molar-refractivity contribution in [1.82, 2.24) is 10.3 Å². The summed E-state index contributed by atoms with van der Waals surface area (Å²) in [5.41, 5.74) is 6.33. The molecule has 1 aliphatic heterocycles. The first-order chi connectivity index (χ1) is 6.77. The van der Waals surface area contributed by atoms with Crippen molar-refractivity contribution in [2.75, 3.05) is 13.2 Å². The number of nitrogens with two attached hydrogens (primary N) is 1. The number of carbonyl (C=O) groups is 1. The molecule has 1 amide bonds. The minimum absolute atomic E-state index is 0.380. The zero-order valence-corrected chi connectivity index (χ0v) is 7.62. The number of amides is 1. The Morgan fingerprint density at radius 1 is 1.64 bits per heavy atom. The van der Waals surface area contributed by atoms with E-state index in [0.29, 0.717) is 24.5 Å². The van der Waals surface area contributed by atoms with E-state index in [-0.39, 0.29) is 0 Å². The number of hydrogen-bond acceptors (Lipinski definition) is 4. The van der Waals surface area contributed by atoms with Crippen molar-refractivity contribution in [3.63, 3.8) is 0 Å². The number of rotatable bonds is 1. The standard InChI is InChI=1S/C9H11N3O2/c10-9(13)6-3-8-7(12-4-6)5-11-1-2-14-8/h3-4,11H,1-2,5H2,(H2,10,13). The molecule has 0 saturated heterocycles. The molecule has 0 aromatic carbocycles. The van der Waals surface area contributed by atoms with Gasteiger partial charge in [-0.05, 0) is 6.07 Å². The number of aromatic nitrogens is 1. The molecule has 74 valence electrons. The lowest BCUT2D eigenvalue weighted by Crippen LogP contribution is -2.16. The van der Waals surface area contributed by atoms with Gasteiger partial charge in [-0.25, -0.2) is 0 Å². The van der Waals surface area contributed by atoms with Gasteiger partial charge in [0.1, 0.15) is 12.4 Å². The molecular weight excluding hydrogens is 182 g/mol. The average Bonchev–Trinajstić information content (AvgIpc) is 2.41. The molecule has 5 nitrogen and oxygen atoms in total. The smallest absolute Gasteiger partial charge is 0.250 e.